The first kappa shape index (κ1) is 20.9. The van der Waals surface area contributed by atoms with Crippen LogP contribution in [0.5, 0.6) is 0 Å². The molecule has 4 rings (SSSR count). The van der Waals surface area contributed by atoms with Crippen LogP contribution in [0.15, 0.2) is 69.1 Å². The van der Waals surface area contributed by atoms with Crippen LogP contribution in [0.2, 0.25) is 0 Å². The molecule has 1 unspecified atom stereocenters. The Morgan fingerprint density at radius 1 is 1.16 bits per heavy atom. The van der Waals surface area contributed by atoms with E-state index < -0.39 is 5.25 Å². The van der Waals surface area contributed by atoms with E-state index in [-0.39, 0.29) is 11.5 Å². The van der Waals surface area contributed by atoms with E-state index in [1.54, 1.807) is 23.6 Å². The molecule has 7 nitrogen and oxygen atoms in total. The molecule has 4 aromatic rings. The molecule has 0 aliphatic heterocycles. The van der Waals surface area contributed by atoms with Crippen molar-refractivity contribution in [3.63, 3.8) is 0 Å². The van der Waals surface area contributed by atoms with Gasteiger partial charge in [-0.3, -0.25) is 14.2 Å². The van der Waals surface area contributed by atoms with E-state index in [2.05, 4.69) is 10.5 Å². The van der Waals surface area contributed by atoms with Gasteiger partial charge in [0.15, 0.2) is 11.0 Å². The van der Waals surface area contributed by atoms with E-state index in [0.29, 0.717) is 34.1 Å². The summed E-state index contributed by atoms with van der Waals surface area (Å²) < 4.78 is 6.62. The molecule has 2 aromatic heterocycles. The summed E-state index contributed by atoms with van der Waals surface area (Å²) in [5, 5.41) is 7.13. The van der Waals surface area contributed by atoms with E-state index in [1.165, 1.54) is 11.8 Å². The standard InChI is InChI=1S/C23H22N4O3S/c1-4-19(21(28)25-20-13-15(3)30-26-20)31-23-24-17-11-7-6-10-16(17)22(29)27(23)18-12-8-5-9-14(18)2/h5-13,19H,4H2,1-3H3,(H,25,26,28). The van der Waals surface area contributed by atoms with Gasteiger partial charge in [-0.2, -0.15) is 0 Å². The fourth-order valence-electron chi connectivity index (χ4n) is 3.30. The average molecular weight is 435 g/mol. The maximum Gasteiger partial charge on any atom is 0.266 e. The summed E-state index contributed by atoms with van der Waals surface area (Å²) in [4.78, 5) is 31.1. The fraction of sp³-hybridized carbons (Fsp3) is 0.217. The minimum atomic E-state index is -0.472. The summed E-state index contributed by atoms with van der Waals surface area (Å²) >= 11 is 1.26. The zero-order valence-electron chi connectivity index (χ0n) is 17.5. The van der Waals surface area contributed by atoms with Gasteiger partial charge in [0.1, 0.15) is 5.76 Å². The second-order valence-electron chi connectivity index (χ2n) is 7.17. The molecule has 1 atom stereocenters. The van der Waals surface area contributed by atoms with Crippen molar-refractivity contribution >= 4 is 34.4 Å². The zero-order chi connectivity index (χ0) is 22.0. The molecule has 0 fully saturated rings. The van der Waals surface area contributed by atoms with Gasteiger partial charge in [0.05, 0.1) is 21.8 Å². The normalized spacial score (nSPS) is 12.1. The molecule has 31 heavy (non-hydrogen) atoms. The summed E-state index contributed by atoms with van der Waals surface area (Å²) in [6.07, 6.45) is 0.545. The molecule has 0 radical (unpaired) electrons. The highest BCUT2D eigenvalue weighted by molar-refractivity contribution is 8.00. The molecule has 1 N–H and O–H groups in total. The predicted molar refractivity (Wildman–Crippen MR) is 122 cm³/mol. The molecule has 0 spiro atoms. The smallest absolute Gasteiger partial charge is 0.266 e. The first-order valence-electron chi connectivity index (χ1n) is 9.96. The number of hydrogen-bond acceptors (Lipinski definition) is 6. The molecular formula is C23H22N4O3S. The van der Waals surface area contributed by atoms with Gasteiger partial charge >= 0.3 is 0 Å². The van der Waals surface area contributed by atoms with E-state index >= 15 is 0 Å². The van der Waals surface area contributed by atoms with Gasteiger partial charge in [-0.1, -0.05) is 54.2 Å². The quantitative estimate of drug-likeness (QED) is 0.355. The zero-order valence-corrected chi connectivity index (χ0v) is 18.3. The lowest BCUT2D eigenvalue weighted by Crippen LogP contribution is -2.28. The van der Waals surface area contributed by atoms with Gasteiger partial charge in [0.2, 0.25) is 5.91 Å². The number of thioether (sulfide) groups is 1. The van der Waals surface area contributed by atoms with Crippen molar-refractivity contribution in [3.8, 4) is 5.69 Å². The minimum Gasteiger partial charge on any atom is -0.360 e. The Morgan fingerprint density at radius 2 is 1.90 bits per heavy atom. The highest BCUT2D eigenvalue weighted by Crippen LogP contribution is 2.28. The van der Waals surface area contributed by atoms with Crippen LogP contribution >= 0.6 is 11.8 Å². The maximum absolute atomic E-state index is 13.4. The molecule has 2 aromatic carbocycles. The number of aromatic nitrogens is 3. The monoisotopic (exact) mass is 434 g/mol. The third-order valence-corrected chi connectivity index (χ3v) is 6.21. The summed E-state index contributed by atoms with van der Waals surface area (Å²) in [5.74, 6) is 0.754. The topological polar surface area (TPSA) is 90.0 Å². The maximum atomic E-state index is 13.4. The number of rotatable bonds is 6. The van der Waals surface area contributed by atoms with Crippen molar-refractivity contribution in [1.82, 2.24) is 14.7 Å². The van der Waals surface area contributed by atoms with Gasteiger partial charge in [-0.05, 0) is 44.0 Å². The Labute approximate surface area is 183 Å². The van der Waals surface area contributed by atoms with Crippen LogP contribution in [0.25, 0.3) is 16.6 Å². The van der Waals surface area contributed by atoms with E-state index in [1.807, 2.05) is 56.3 Å². The number of nitrogens with one attached hydrogen (secondary N) is 1. The molecular weight excluding hydrogens is 412 g/mol. The number of benzene rings is 2. The Kier molecular flexibility index (Phi) is 5.90. The van der Waals surface area contributed by atoms with E-state index in [0.717, 1.165) is 11.3 Å². The Hall–Kier alpha value is -3.39. The molecule has 0 saturated carbocycles. The summed E-state index contributed by atoms with van der Waals surface area (Å²) in [6, 6.07) is 16.5. The van der Waals surface area contributed by atoms with Crippen LogP contribution in [-0.4, -0.2) is 25.9 Å². The molecule has 2 heterocycles. The minimum absolute atomic E-state index is 0.162. The second-order valence-corrected chi connectivity index (χ2v) is 8.34. The van der Waals surface area contributed by atoms with Crippen LogP contribution < -0.4 is 10.9 Å². The number of carbonyl (C=O) groups is 1. The Morgan fingerprint density at radius 3 is 2.61 bits per heavy atom. The number of anilines is 1. The number of nitrogens with zero attached hydrogens (tertiary/aromatic N) is 3. The third-order valence-electron chi connectivity index (χ3n) is 4.89. The molecule has 1 amide bonds. The summed E-state index contributed by atoms with van der Waals surface area (Å²) in [6.45, 7) is 5.62. The number of amides is 1. The van der Waals surface area contributed by atoms with Crippen LogP contribution in [0.1, 0.15) is 24.7 Å². The van der Waals surface area contributed by atoms with Crippen LogP contribution in [0.4, 0.5) is 5.82 Å². The van der Waals surface area contributed by atoms with Crippen molar-refractivity contribution in [1.29, 1.82) is 0 Å². The van der Waals surface area contributed by atoms with Crippen LogP contribution in [0, 0.1) is 13.8 Å². The van der Waals surface area contributed by atoms with Crippen molar-refractivity contribution in [2.24, 2.45) is 0 Å². The Bertz CT molecular complexity index is 1310. The predicted octanol–water partition coefficient (Wildman–Crippen LogP) is 4.50. The SMILES string of the molecule is CCC(Sc1nc2ccccc2c(=O)n1-c1ccccc1C)C(=O)Nc1cc(C)on1. The van der Waals surface area contributed by atoms with Crippen molar-refractivity contribution in [2.45, 2.75) is 37.6 Å². The Balaban J connectivity index is 1.78. The number of para-hydroxylation sites is 2. The average Bonchev–Trinajstić information content (AvgIpc) is 3.17. The third kappa shape index (κ3) is 4.25. The molecule has 0 aliphatic rings. The van der Waals surface area contributed by atoms with Gasteiger partial charge in [-0.25, -0.2) is 4.98 Å². The van der Waals surface area contributed by atoms with Crippen molar-refractivity contribution in [2.75, 3.05) is 5.32 Å². The number of fused-ring (bicyclic) bond motifs is 1. The molecule has 0 aliphatic carbocycles. The molecule has 158 valence electrons. The first-order valence-corrected chi connectivity index (χ1v) is 10.8. The van der Waals surface area contributed by atoms with Crippen LogP contribution in [-0.2, 0) is 4.79 Å². The molecule has 0 bridgehead atoms. The van der Waals surface area contributed by atoms with Gasteiger partial charge < -0.3 is 9.84 Å². The first-order chi connectivity index (χ1) is 15.0. The van der Waals surface area contributed by atoms with Gasteiger partial charge in [0, 0.05) is 6.07 Å². The van der Waals surface area contributed by atoms with Crippen molar-refractivity contribution in [3.05, 3.63) is 76.3 Å². The summed E-state index contributed by atoms with van der Waals surface area (Å²) in [5.41, 5.74) is 2.13. The lowest BCUT2D eigenvalue weighted by Gasteiger charge is -2.18. The lowest BCUT2D eigenvalue weighted by molar-refractivity contribution is -0.115. The molecule has 0 saturated heterocycles. The van der Waals surface area contributed by atoms with E-state index in [4.69, 9.17) is 9.51 Å². The van der Waals surface area contributed by atoms with Crippen LogP contribution in [0.3, 0.4) is 0 Å². The van der Waals surface area contributed by atoms with Gasteiger partial charge in [-0.15, -0.1) is 0 Å². The van der Waals surface area contributed by atoms with E-state index in [9.17, 15) is 9.59 Å². The fourth-order valence-corrected chi connectivity index (χ4v) is 4.32. The lowest BCUT2D eigenvalue weighted by atomic mass is 10.2. The number of hydrogen-bond donors (Lipinski definition) is 1. The number of aryl methyl sites for hydroxylation is 2. The highest BCUT2D eigenvalue weighted by atomic mass is 32.2. The van der Waals surface area contributed by atoms with Gasteiger partial charge in [0.25, 0.3) is 5.56 Å². The highest BCUT2D eigenvalue weighted by Gasteiger charge is 2.24. The van der Waals surface area contributed by atoms with Crippen molar-refractivity contribution < 1.29 is 9.32 Å². The number of carbonyl (C=O) groups excluding carboxylic acids is 1. The largest absolute Gasteiger partial charge is 0.360 e. The molecule has 8 heteroatoms. The second kappa shape index (κ2) is 8.77. The summed E-state index contributed by atoms with van der Waals surface area (Å²) in [7, 11) is 0.